The van der Waals surface area contributed by atoms with Crippen molar-refractivity contribution >= 4 is 57.5 Å². The SMILES string of the molecule is CCOC(=O)c1c(NC(=O)CSc2nnc(CNC(=O)COc3ccc(Cl)cc3)n2C)sc2c1CCCC2. The minimum Gasteiger partial charge on any atom is -0.484 e. The van der Waals surface area contributed by atoms with Crippen molar-refractivity contribution in [1.29, 1.82) is 0 Å². The number of fused-ring (bicyclic) bond motifs is 1. The van der Waals surface area contributed by atoms with Crippen LogP contribution in [0.5, 0.6) is 5.75 Å². The number of amides is 2. The van der Waals surface area contributed by atoms with E-state index < -0.39 is 5.97 Å². The van der Waals surface area contributed by atoms with Gasteiger partial charge in [-0.3, -0.25) is 9.59 Å². The molecule has 2 aromatic heterocycles. The van der Waals surface area contributed by atoms with Gasteiger partial charge in [0.15, 0.2) is 17.6 Å². The number of thioether (sulfide) groups is 1. The zero-order valence-electron chi connectivity index (χ0n) is 21.0. The van der Waals surface area contributed by atoms with Gasteiger partial charge in [0.25, 0.3) is 5.91 Å². The summed E-state index contributed by atoms with van der Waals surface area (Å²) in [5.41, 5.74) is 1.49. The van der Waals surface area contributed by atoms with Gasteiger partial charge in [-0.25, -0.2) is 4.79 Å². The van der Waals surface area contributed by atoms with Crippen molar-refractivity contribution in [3.63, 3.8) is 0 Å². The first-order valence-corrected chi connectivity index (χ1v) is 14.3. The number of aryl methyl sites for hydroxylation is 1. The second-order valence-corrected chi connectivity index (χ2v) is 10.9. The van der Waals surface area contributed by atoms with E-state index in [-0.39, 0.29) is 37.3 Å². The number of nitrogens with one attached hydrogen (secondary N) is 2. The normalized spacial score (nSPS) is 12.5. The van der Waals surface area contributed by atoms with Crippen LogP contribution in [0.15, 0.2) is 29.4 Å². The lowest BCUT2D eigenvalue weighted by atomic mass is 9.95. The van der Waals surface area contributed by atoms with Crippen LogP contribution < -0.4 is 15.4 Å². The van der Waals surface area contributed by atoms with E-state index in [2.05, 4.69) is 20.8 Å². The van der Waals surface area contributed by atoms with Crippen LogP contribution in [-0.2, 0) is 40.8 Å². The number of carbonyl (C=O) groups is 3. The van der Waals surface area contributed by atoms with Gasteiger partial charge in [0.2, 0.25) is 5.91 Å². The average molecular weight is 578 g/mol. The molecule has 0 unspecified atom stereocenters. The summed E-state index contributed by atoms with van der Waals surface area (Å²) in [5.74, 6) is 0.191. The monoisotopic (exact) mass is 577 g/mol. The average Bonchev–Trinajstić information content (AvgIpc) is 3.45. The second-order valence-electron chi connectivity index (χ2n) is 8.45. The molecule has 38 heavy (non-hydrogen) atoms. The third-order valence-corrected chi connectivity index (χ3v) is 8.27. The van der Waals surface area contributed by atoms with Crippen molar-refractivity contribution in [2.45, 2.75) is 44.3 Å². The summed E-state index contributed by atoms with van der Waals surface area (Å²) in [6.45, 7) is 2.04. The fourth-order valence-corrected chi connectivity index (χ4v) is 6.05. The first kappa shape index (κ1) is 27.9. The van der Waals surface area contributed by atoms with Crippen molar-refractivity contribution in [3.05, 3.63) is 51.1 Å². The fraction of sp³-hybridized carbons (Fsp3) is 0.400. The van der Waals surface area contributed by atoms with Crippen LogP contribution in [0, 0.1) is 0 Å². The van der Waals surface area contributed by atoms with Gasteiger partial charge >= 0.3 is 5.97 Å². The van der Waals surface area contributed by atoms with Gasteiger partial charge in [-0.05, 0) is 62.4 Å². The van der Waals surface area contributed by atoms with Gasteiger partial charge in [-0.15, -0.1) is 21.5 Å². The standard InChI is InChI=1S/C25H28ClN5O5S2/c1-3-35-24(34)22-17-6-4-5-7-18(17)38-23(22)28-21(33)14-37-25-30-29-19(31(25)2)12-27-20(32)13-36-16-10-8-15(26)9-11-16/h8-11H,3-7,12-14H2,1-2H3,(H,27,32)(H,28,33). The molecule has 0 fully saturated rings. The molecule has 2 N–H and O–H groups in total. The van der Waals surface area contributed by atoms with Crippen molar-refractivity contribution < 1.29 is 23.9 Å². The number of carbonyl (C=O) groups excluding carboxylic acids is 3. The molecule has 2 amide bonds. The predicted molar refractivity (Wildman–Crippen MR) is 146 cm³/mol. The summed E-state index contributed by atoms with van der Waals surface area (Å²) in [4.78, 5) is 38.6. The van der Waals surface area contributed by atoms with Crippen molar-refractivity contribution in [3.8, 4) is 5.75 Å². The summed E-state index contributed by atoms with van der Waals surface area (Å²) >= 11 is 8.51. The van der Waals surface area contributed by atoms with Crippen LogP contribution in [0.2, 0.25) is 5.02 Å². The maximum absolute atomic E-state index is 12.8. The Kier molecular flexibility index (Phi) is 9.64. The maximum Gasteiger partial charge on any atom is 0.341 e. The van der Waals surface area contributed by atoms with E-state index in [1.807, 2.05) is 0 Å². The number of aromatic nitrogens is 3. The van der Waals surface area contributed by atoms with E-state index in [0.717, 1.165) is 36.1 Å². The quantitative estimate of drug-likeness (QED) is 0.259. The molecule has 0 aliphatic heterocycles. The first-order chi connectivity index (χ1) is 18.4. The summed E-state index contributed by atoms with van der Waals surface area (Å²) in [5, 5.41) is 15.5. The third-order valence-electron chi connectivity index (χ3n) is 5.79. The minimum absolute atomic E-state index is 0.0814. The van der Waals surface area contributed by atoms with Crippen LogP contribution in [-0.4, -0.2) is 51.5 Å². The Morgan fingerprint density at radius 3 is 2.66 bits per heavy atom. The molecule has 10 nitrogen and oxygen atoms in total. The van der Waals surface area contributed by atoms with Gasteiger partial charge in [0.05, 0.1) is 24.5 Å². The molecule has 202 valence electrons. The number of benzene rings is 1. The summed E-state index contributed by atoms with van der Waals surface area (Å²) in [6.07, 6.45) is 3.81. The van der Waals surface area contributed by atoms with Crippen LogP contribution >= 0.6 is 34.7 Å². The second kappa shape index (κ2) is 13.1. The number of nitrogens with zero attached hydrogens (tertiary/aromatic N) is 3. The Hall–Kier alpha value is -3.09. The third kappa shape index (κ3) is 7.06. The van der Waals surface area contributed by atoms with Gasteiger partial charge in [0, 0.05) is 16.9 Å². The van der Waals surface area contributed by atoms with Crippen molar-refractivity contribution in [2.24, 2.45) is 7.05 Å². The molecule has 0 saturated carbocycles. The highest BCUT2D eigenvalue weighted by atomic mass is 35.5. The van der Waals surface area contributed by atoms with Gasteiger partial charge in [-0.1, -0.05) is 23.4 Å². The first-order valence-electron chi connectivity index (χ1n) is 12.1. The summed E-state index contributed by atoms with van der Waals surface area (Å²) in [6, 6.07) is 6.73. The van der Waals surface area contributed by atoms with E-state index in [0.29, 0.717) is 32.3 Å². The molecular formula is C25H28ClN5O5S2. The maximum atomic E-state index is 12.8. The molecule has 0 radical (unpaired) electrons. The van der Waals surface area contributed by atoms with Crippen LogP contribution in [0.1, 0.15) is 46.4 Å². The van der Waals surface area contributed by atoms with E-state index in [1.165, 1.54) is 23.1 Å². The van der Waals surface area contributed by atoms with E-state index in [9.17, 15) is 14.4 Å². The lowest BCUT2D eigenvalue weighted by Crippen LogP contribution is -2.29. The number of hydrogen-bond acceptors (Lipinski definition) is 9. The molecule has 1 aliphatic rings. The number of thiophene rings is 1. The summed E-state index contributed by atoms with van der Waals surface area (Å²) < 4.78 is 12.4. The molecule has 0 atom stereocenters. The molecule has 2 heterocycles. The Balaban J connectivity index is 1.28. The van der Waals surface area contributed by atoms with Crippen molar-refractivity contribution in [2.75, 3.05) is 24.3 Å². The van der Waals surface area contributed by atoms with E-state index in [4.69, 9.17) is 21.1 Å². The predicted octanol–water partition coefficient (Wildman–Crippen LogP) is 4.01. The number of hydrogen-bond donors (Lipinski definition) is 2. The number of ether oxygens (including phenoxy) is 2. The molecule has 13 heteroatoms. The zero-order chi connectivity index (χ0) is 27.1. The molecule has 3 aromatic rings. The number of halogens is 1. The Morgan fingerprint density at radius 1 is 1.13 bits per heavy atom. The Labute approximate surface area is 233 Å². The number of rotatable bonds is 11. The van der Waals surface area contributed by atoms with Gasteiger partial charge in [0.1, 0.15) is 10.8 Å². The lowest BCUT2D eigenvalue weighted by Gasteiger charge is -2.12. The highest BCUT2D eigenvalue weighted by molar-refractivity contribution is 7.99. The highest BCUT2D eigenvalue weighted by Crippen LogP contribution is 2.38. The van der Waals surface area contributed by atoms with Gasteiger partial charge in [-0.2, -0.15) is 0 Å². The lowest BCUT2D eigenvalue weighted by molar-refractivity contribution is -0.123. The molecule has 0 spiro atoms. The Morgan fingerprint density at radius 2 is 1.89 bits per heavy atom. The topological polar surface area (TPSA) is 124 Å². The van der Waals surface area contributed by atoms with E-state index >= 15 is 0 Å². The number of anilines is 1. The van der Waals surface area contributed by atoms with E-state index in [1.54, 1.807) is 42.8 Å². The highest BCUT2D eigenvalue weighted by Gasteiger charge is 2.27. The van der Waals surface area contributed by atoms with Crippen LogP contribution in [0.25, 0.3) is 0 Å². The zero-order valence-corrected chi connectivity index (χ0v) is 23.4. The molecule has 1 aliphatic carbocycles. The molecule has 1 aromatic carbocycles. The van der Waals surface area contributed by atoms with Crippen molar-refractivity contribution in [1.82, 2.24) is 20.1 Å². The molecule has 0 saturated heterocycles. The van der Waals surface area contributed by atoms with Gasteiger partial charge < -0.3 is 24.7 Å². The smallest absolute Gasteiger partial charge is 0.341 e. The van der Waals surface area contributed by atoms with Crippen LogP contribution in [0.4, 0.5) is 5.00 Å². The molecule has 0 bridgehead atoms. The van der Waals surface area contributed by atoms with Crippen LogP contribution in [0.3, 0.4) is 0 Å². The minimum atomic E-state index is -0.395. The number of esters is 1. The summed E-state index contributed by atoms with van der Waals surface area (Å²) in [7, 11) is 1.76. The Bertz CT molecular complexity index is 1310. The molecular weight excluding hydrogens is 550 g/mol. The molecule has 4 rings (SSSR count). The largest absolute Gasteiger partial charge is 0.484 e. The fourth-order valence-electron chi connectivity index (χ4n) is 3.90.